The number of halogens is 1. The van der Waals surface area contributed by atoms with E-state index < -0.39 is 0 Å². The van der Waals surface area contributed by atoms with Crippen molar-refractivity contribution in [2.45, 2.75) is 6.92 Å². The van der Waals surface area contributed by atoms with E-state index in [1.54, 1.807) is 6.07 Å². The fourth-order valence-corrected chi connectivity index (χ4v) is 1.47. The molecule has 2 aromatic rings. The molecule has 2 rings (SSSR count). The van der Waals surface area contributed by atoms with Crippen LogP contribution < -0.4 is 5.32 Å². The van der Waals surface area contributed by atoms with Gasteiger partial charge in [-0.3, -0.25) is 0 Å². The molecule has 4 heteroatoms. The fraction of sp³-hybridized carbons (Fsp3) is 0.0909. The highest BCUT2D eigenvalue weighted by molar-refractivity contribution is 6.29. The number of rotatable bonds is 2. The van der Waals surface area contributed by atoms with Gasteiger partial charge >= 0.3 is 0 Å². The molecule has 1 heterocycles. The fourth-order valence-electron chi connectivity index (χ4n) is 1.24. The van der Waals surface area contributed by atoms with Gasteiger partial charge < -0.3 is 5.32 Å². The second kappa shape index (κ2) is 4.28. The summed E-state index contributed by atoms with van der Waals surface area (Å²) >= 11 is 5.83. The Kier molecular flexibility index (Phi) is 2.83. The lowest BCUT2D eigenvalue weighted by Crippen LogP contribution is -1.98. The smallest absolute Gasteiger partial charge is 0.228 e. The van der Waals surface area contributed by atoms with Crippen LogP contribution in [0.1, 0.15) is 5.69 Å². The van der Waals surface area contributed by atoms with Gasteiger partial charge in [-0.15, -0.1) is 0 Å². The Labute approximate surface area is 93.1 Å². The molecule has 0 aliphatic carbocycles. The van der Waals surface area contributed by atoms with E-state index in [4.69, 9.17) is 11.6 Å². The third-order valence-electron chi connectivity index (χ3n) is 1.85. The number of para-hydroxylation sites is 1. The van der Waals surface area contributed by atoms with Crippen LogP contribution in [0.2, 0.25) is 5.15 Å². The molecular weight excluding hydrogens is 210 g/mol. The van der Waals surface area contributed by atoms with E-state index in [0.29, 0.717) is 11.1 Å². The molecule has 0 unspecified atom stereocenters. The highest BCUT2D eigenvalue weighted by Gasteiger charge is 2.00. The van der Waals surface area contributed by atoms with Crippen LogP contribution in [0.25, 0.3) is 0 Å². The van der Waals surface area contributed by atoms with E-state index in [0.717, 1.165) is 11.4 Å². The van der Waals surface area contributed by atoms with E-state index in [9.17, 15) is 0 Å². The molecule has 0 saturated carbocycles. The van der Waals surface area contributed by atoms with E-state index >= 15 is 0 Å². The van der Waals surface area contributed by atoms with Gasteiger partial charge in [-0.05, 0) is 25.1 Å². The SMILES string of the molecule is Cc1cc(Cl)nc(Nc2ccccc2)n1. The van der Waals surface area contributed by atoms with E-state index in [-0.39, 0.29) is 0 Å². The van der Waals surface area contributed by atoms with Gasteiger partial charge in [-0.1, -0.05) is 29.8 Å². The molecule has 0 spiro atoms. The lowest BCUT2D eigenvalue weighted by Gasteiger charge is -2.05. The Morgan fingerprint density at radius 1 is 1.13 bits per heavy atom. The van der Waals surface area contributed by atoms with Gasteiger partial charge in [0.1, 0.15) is 5.15 Å². The first-order chi connectivity index (χ1) is 7.24. The van der Waals surface area contributed by atoms with E-state index in [2.05, 4.69) is 15.3 Å². The van der Waals surface area contributed by atoms with Crippen LogP contribution in [0, 0.1) is 6.92 Å². The third kappa shape index (κ3) is 2.67. The summed E-state index contributed by atoms with van der Waals surface area (Å²) < 4.78 is 0. The van der Waals surface area contributed by atoms with Gasteiger partial charge in [-0.2, -0.15) is 0 Å². The molecule has 0 saturated heterocycles. The maximum Gasteiger partial charge on any atom is 0.228 e. The standard InChI is InChI=1S/C11H10ClN3/c1-8-7-10(12)15-11(13-8)14-9-5-3-2-4-6-9/h2-7H,1H3,(H,13,14,15). The molecule has 0 aliphatic heterocycles. The zero-order valence-corrected chi connectivity index (χ0v) is 8.99. The van der Waals surface area contributed by atoms with Crippen LogP contribution in [0.5, 0.6) is 0 Å². The summed E-state index contributed by atoms with van der Waals surface area (Å²) in [6.45, 7) is 1.88. The van der Waals surface area contributed by atoms with Crippen LogP contribution >= 0.6 is 11.6 Å². The maximum atomic E-state index is 5.83. The van der Waals surface area contributed by atoms with Crippen LogP contribution in [-0.2, 0) is 0 Å². The molecule has 1 N–H and O–H groups in total. The van der Waals surface area contributed by atoms with Crippen molar-refractivity contribution >= 4 is 23.2 Å². The van der Waals surface area contributed by atoms with E-state index in [1.165, 1.54) is 0 Å². The highest BCUT2D eigenvalue weighted by Crippen LogP contribution is 2.14. The summed E-state index contributed by atoms with van der Waals surface area (Å²) in [6, 6.07) is 11.5. The van der Waals surface area contributed by atoms with Crippen LogP contribution in [0.3, 0.4) is 0 Å². The molecule has 1 aromatic heterocycles. The summed E-state index contributed by atoms with van der Waals surface area (Å²) in [6.07, 6.45) is 0. The van der Waals surface area contributed by atoms with Gasteiger partial charge in [0.15, 0.2) is 0 Å². The topological polar surface area (TPSA) is 37.8 Å². The molecule has 3 nitrogen and oxygen atoms in total. The molecule has 0 amide bonds. The number of hydrogen-bond acceptors (Lipinski definition) is 3. The van der Waals surface area contributed by atoms with Crippen molar-refractivity contribution in [2.24, 2.45) is 0 Å². The molecule has 0 atom stereocenters. The second-order valence-corrected chi connectivity index (χ2v) is 3.53. The molecule has 0 fully saturated rings. The number of aromatic nitrogens is 2. The average Bonchev–Trinajstić information content (AvgIpc) is 2.17. The van der Waals surface area contributed by atoms with Crippen molar-refractivity contribution < 1.29 is 0 Å². The number of anilines is 2. The normalized spacial score (nSPS) is 10.0. The molecular formula is C11H10ClN3. The zero-order chi connectivity index (χ0) is 10.7. The molecule has 0 radical (unpaired) electrons. The molecule has 0 bridgehead atoms. The first kappa shape index (κ1) is 9.93. The van der Waals surface area contributed by atoms with Gasteiger partial charge in [0.2, 0.25) is 5.95 Å². The van der Waals surface area contributed by atoms with Crippen LogP contribution in [0.4, 0.5) is 11.6 Å². The monoisotopic (exact) mass is 219 g/mol. The minimum Gasteiger partial charge on any atom is -0.324 e. The van der Waals surface area contributed by atoms with E-state index in [1.807, 2.05) is 37.3 Å². The van der Waals surface area contributed by atoms with Gasteiger partial charge in [0.05, 0.1) is 0 Å². The van der Waals surface area contributed by atoms with Crippen molar-refractivity contribution in [3.63, 3.8) is 0 Å². The predicted octanol–water partition coefficient (Wildman–Crippen LogP) is 3.18. The Balaban J connectivity index is 2.25. The quantitative estimate of drug-likeness (QED) is 0.789. The molecule has 76 valence electrons. The lowest BCUT2D eigenvalue weighted by atomic mass is 10.3. The Morgan fingerprint density at radius 2 is 1.87 bits per heavy atom. The first-order valence-electron chi connectivity index (χ1n) is 4.57. The predicted molar refractivity (Wildman–Crippen MR) is 61.5 cm³/mol. The van der Waals surface area contributed by atoms with Gasteiger partial charge in [0, 0.05) is 11.4 Å². The van der Waals surface area contributed by atoms with Gasteiger partial charge in [0.25, 0.3) is 0 Å². The summed E-state index contributed by atoms with van der Waals surface area (Å²) in [5.41, 5.74) is 1.78. The van der Waals surface area contributed by atoms with Crippen LogP contribution in [0.15, 0.2) is 36.4 Å². The lowest BCUT2D eigenvalue weighted by molar-refractivity contribution is 1.11. The van der Waals surface area contributed by atoms with Crippen molar-refractivity contribution in [3.8, 4) is 0 Å². The largest absolute Gasteiger partial charge is 0.324 e. The Morgan fingerprint density at radius 3 is 2.53 bits per heavy atom. The summed E-state index contributed by atoms with van der Waals surface area (Å²) in [5.74, 6) is 0.520. The number of hydrogen-bond donors (Lipinski definition) is 1. The number of aryl methyl sites for hydroxylation is 1. The van der Waals surface area contributed by atoms with Crippen molar-refractivity contribution in [2.75, 3.05) is 5.32 Å². The second-order valence-electron chi connectivity index (χ2n) is 3.15. The molecule has 1 aromatic carbocycles. The number of nitrogens with zero attached hydrogens (tertiary/aromatic N) is 2. The Hall–Kier alpha value is -1.61. The minimum absolute atomic E-state index is 0.445. The summed E-state index contributed by atoms with van der Waals surface area (Å²) in [7, 11) is 0. The van der Waals surface area contributed by atoms with Crippen molar-refractivity contribution in [1.29, 1.82) is 0 Å². The Bertz CT molecular complexity index is 436. The highest BCUT2D eigenvalue weighted by atomic mass is 35.5. The summed E-state index contributed by atoms with van der Waals surface area (Å²) in [5, 5.41) is 3.52. The minimum atomic E-state index is 0.445. The number of nitrogens with one attached hydrogen (secondary N) is 1. The molecule has 0 aliphatic rings. The third-order valence-corrected chi connectivity index (χ3v) is 2.05. The van der Waals surface area contributed by atoms with Crippen molar-refractivity contribution in [1.82, 2.24) is 9.97 Å². The average molecular weight is 220 g/mol. The zero-order valence-electron chi connectivity index (χ0n) is 8.24. The summed E-state index contributed by atoms with van der Waals surface area (Å²) in [4.78, 5) is 8.30. The van der Waals surface area contributed by atoms with Gasteiger partial charge in [-0.25, -0.2) is 9.97 Å². The van der Waals surface area contributed by atoms with Crippen LogP contribution in [-0.4, -0.2) is 9.97 Å². The maximum absolute atomic E-state index is 5.83. The first-order valence-corrected chi connectivity index (χ1v) is 4.95. The number of benzene rings is 1. The molecule has 15 heavy (non-hydrogen) atoms. The van der Waals surface area contributed by atoms with Crippen molar-refractivity contribution in [3.05, 3.63) is 47.2 Å².